The standard InChI is InChI=1S/C13H19N3OS.C8H7ClN2O2/c1-16-7-6-10-11(8-16)18-13(15-10)12(17)14-9-4-2-3-5-9;9-5-1-3-6(4-2-5)11-8(13)7(10)12/h9H,2-8H2,1H3,(H,14,17);1-4H,(H2,10,12)(H,11,13). The van der Waals surface area contributed by atoms with Crippen molar-refractivity contribution in [2.75, 3.05) is 18.9 Å². The number of nitrogens with zero attached hydrogens (tertiary/aromatic N) is 2. The highest BCUT2D eigenvalue weighted by atomic mass is 35.5. The van der Waals surface area contributed by atoms with Crippen LogP contribution >= 0.6 is 22.9 Å². The number of halogens is 1. The highest BCUT2D eigenvalue weighted by Crippen LogP contribution is 2.25. The molecule has 2 heterocycles. The van der Waals surface area contributed by atoms with Crippen LogP contribution in [0.3, 0.4) is 0 Å². The Hall–Kier alpha value is -2.49. The van der Waals surface area contributed by atoms with Crippen molar-refractivity contribution in [3.8, 4) is 0 Å². The lowest BCUT2D eigenvalue weighted by atomic mass is 10.2. The Morgan fingerprint density at radius 3 is 2.52 bits per heavy atom. The summed E-state index contributed by atoms with van der Waals surface area (Å²) in [5, 5.41) is 6.61. The van der Waals surface area contributed by atoms with Crippen LogP contribution in [0.15, 0.2) is 24.3 Å². The van der Waals surface area contributed by atoms with Gasteiger partial charge in [-0.25, -0.2) is 4.98 Å². The van der Waals surface area contributed by atoms with Crippen LogP contribution in [-0.4, -0.2) is 47.2 Å². The van der Waals surface area contributed by atoms with Crippen LogP contribution in [-0.2, 0) is 22.6 Å². The smallest absolute Gasteiger partial charge is 0.313 e. The van der Waals surface area contributed by atoms with E-state index in [0.29, 0.717) is 21.8 Å². The zero-order valence-corrected chi connectivity index (χ0v) is 18.9. The molecule has 2 aliphatic rings. The molecule has 1 aliphatic carbocycles. The van der Waals surface area contributed by atoms with Crippen LogP contribution in [0, 0.1) is 0 Å². The minimum atomic E-state index is -1.02. The summed E-state index contributed by atoms with van der Waals surface area (Å²) in [5.41, 5.74) is 6.35. The Bertz CT molecular complexity index is 941. The molecule has 8 nitrogen and oxygen atoms in total. The predicted molar refractivity (Wildman–Crippen MR) is 121 cm³/mol. The average molecular weight is 464 g/mol. The zero-order chi connectivity index (χ0) is 22.4. The maximum absolute atomic E-state index is 12.1. The minimum absolute atomic E-state index is 0.0314. The Morgan fingerprint density at radius 2 is 1.87 bits per heavy atom. The van der Waals surface area contributed by atoms with Gasteiger partial charge in [0.1, 0.15) is 0 Å². The molecule has 0 unspecified atom stereocenters. The van der Waals surface area contributed by atoms with Gasteiger partial charge >= 0.3 is 11.8 Å². The quantitative estimate of drug-likeness (QED) is 0.604. The van der Waals surface area contributed by atoms with Crippen molar-refractivity contribution in [1.29, 1.82) is 0 Å². The molecular weight excluding hydrogens is 438 g/mol. The first-order valence-electron chi connectivity index (χ1n) is 10.2. The monoisotopic (exact) mass is 463 g/mol. The Balaban J connectivity index is 0.000000187. The van der Waals surface area contributed by atoms with Gasteiger partial charge in [-0.05, 0) is 44.2 Å². The molecule has 1 aromatic carbocycles. The summed E-state index contributed by atoms with van der Waals surface area (Å²) >= 11 is 7.17. The number of anilines is 1. The fourth-order valence-corrected chi connectivity index (χ4v) is 4.68. The van der Waals surface area contributed by atoms with E-state index in [1.54, 1.807) is 35.6 Å². The lowest BCUT2D eigenvalue weighted by Crippen LogP contribution is -2.32. The summed E-state index contributed by atoms with van der Waals surface area (Å²) in [6, 6.07) is 6.71. The third kappa shape index (κ3) is 6.75. The van der Waals surface area contributed by atoms with Crippen LogP contribution < -0.4 is 16.4 Å². The van der Waals surface area contributed by atoms with Crippen LogP contribution in [0.25, 0.3) is 0 Å². The van der Waals surface area contributed by atoms with E-state index in [4.69, 9.17) is 17.3 Å². The molecule has 4 rings (SSSR count). The Morgan fingerprint density at radius 1 is 1.19 bits per heavy atom. The Labute approximate surface area is 190 Å². The van der Waals surface area contributed by atoms with Crippen molar-refractivity contribution in [3.05, 3.63) is 44.9 Å². The molecule has 4 N–H and O–H groups in total. The SMILES string of the molecule is CN1CCc2nc(C(=O)NC3CCCC3)sc2C1.NC(=O)C(=O)Nc1ccc(Cl)cc1. The number of hydrogen-bond donors (Lipinski definition) is 3. The fourth-order valence-electron chi connectivity index (χ4n) is 3.46. The van der Waals surface area contributed by atoms with E-state index in [2.05, 4.69) is 27.6 Å². The number of benzene rings is 1. The lowest BCUT2D eigenvalue weighted by Gasteiger charge is -2.20. The molecule has 0 atom stereocenters. The maximum atomic E-state index is 12.1. The van der Waals surface area contributed by atoms with E-state index in [1.807, 2.05) is 0 Å². The van der Waals surface area contributed by atoms with Gasteiger partial charge in [-0.3, -0.25) is 14.4 Å². The van der Waals surface area contributed by atoms with E-state index in [1.165, 1.54) is 17.7 Å². The molecule has 1 aromatic heterocycles. The molecular formula is C21H26ClN5O3S. The highest BCUT2D eigenvalue weighted by Gasteiger charge is 2.23. The van der Waals surface area contributed by atoms with Gasteiger partial charge in [0.25, 0.3) is 5.91 Å². The second-order valence-corrected chi connectivity index (χ2v) is 9.18. The zero-order valence-electron chi connectivity index (χ0n) is 17.3. The summed E-state index contributed by atoms with van der Waals surface area (Å²) in [7, 11) is 2.11. The van der Waals surface area contributed by atoms with Crippen LogP contribution in [0.1, 0.15) is 46.1 Å². The number of nitrogens with one attached hydrogen (secondary N) is 2. The van der Waals surface area contributed by atoms with Gasteiger partial charge in [-0.1, -0.05) is 24.4 Å². The van der Waals surface area contributed by atoms with E-state index < -0.39 is 11.8 Å². The molecule has 2 aromatic rings. The molecule has 1 fully saturated rings. The second kappa shape index (κ2) is 10.7. The van der Waals surface area contributed by atoms with E-state index in [0.717, 1.165) is 38.0 Å². The van der Waals surface area contributed by atoms with Crippen LogP contribution in [0.5, 0.6) is 0 Å². The van der Waals surface area contributed by atoms with Crippen molar-refractivity contribution in [2.45, 2.75) is 44.7 Å². The maximum Gasteiger partial charge on any atom is 0.313 e. The van der Waals surface area contributed by atoms with Gasteiger partial charge in [-0.2, -0.15) is 0 Å². The van der Waals surface area contributed by atoms with E-state index in [-0.39, 0.29) is 5.91 Å². The van der Waals surface area contributed by atoms with Gasteiger partial charge in [0.05, 0.1) is 5.69 Å². The number of hydrogen-bond acceptors (Lipinski definition) is 6. The van der Waals surface area contributed by atoms with Crippen molar-refractivity contribution in [2.24, 2.45) is 5.73 Å². The first-order chi connectivity index (χ1) is 14.8. The van der Waals surface area contributed by atoms with E-state index in [9.17, 15) is 14.4 Å². The molecule has 3 amide bonds. The number of nitrogens with two attached hydrogens (primary N) is 1. The third-order valence-corrected chi connectivity index (χ3v) is 6.47. The first-order valence-corrected chi connectivity index (χ1v) is 11.4. The summed E-state index contributed by atoms with van der Waals surface area (Å²) in [6.45, 7) is 1.98. The Kier molecular flexibility index (Phi) is 8.00. The molecule has 0 saturated heterocycles. The van der Waals surface area contributed by atoms with Crippen molar-refractivity contribution >= 4 is 46.3 Å². The van der Waals surface area contributed by atoms with Crippen molar-refractivity contribution in [1.82, 2.24) is 15.2 Å². The van der Waals surface area contributed by atoms with Gasteiger partial charge in [0.15, 0.2) is 5.01 Å². The predicted octanol–water partition coefficient (Wildman–Crippen LogP) is 2.57. The second-order valence-electron chi connectivity index (χ2n) is 7.66. The molecule has 31 heavy (non-hydrogen) atoms. The molecule has 166 valence electrons. The molecule has 0 bridgehead atoms. The third-order valence-electron chi connectivity index (χ3n) is 5.13. The average Bonchev–Trinajstić information content (AvgIpc) is 3.39. The van der Waals surface area contributed by atoms with Crippen LogP contribution in [0.2, 0.25) is 5.02 Å². The van der Waals surface area contributed by atoms with Crippen LogP contribution in [0.4, 0.5) is 5.69 Å². The number of amides is 3. The normalized spacial score (nSPS) is 16.1. The van der Waals surface area contributed by atoms with Gasteiger partial charge in [0, 0.05) is 41.1 Å². The summed E-state index contributed by atoms with van der Waals surface area (Å²) in [4.78, 5) is 41.3. The number of carbonyl (C=O) groups excluding carboxylic acids is 3. The van der Waals surface area contributed by atoms with E-state index >= 15 is 0 Å². The number of primary amides is 1. The number of carbonyl (C=O) groups is 3. The number of rotatable bonds is 3. The molecule has 1 aliphatic heterocycles. The topological polar surface area (TPSA) is 117 Å². The van der Waals surface area contributed by atoms with Crippen molar-refractivity contribution < 1.29 is 14.4 Å². The lowest BCUT2D eigenvalue weighted by molar-refractivity contribution is -0.134. The fraction of sp³-hybridized carbons (Fsp3) is 0.429. The number of aromatic nitrogens is 1. The highest BCUT2D eigenvalue weighted by molar-refractivity contribution is 7.13. The van der Waals surface area contributed by atoms with Gasteiger partial charge < -0.3 is 21.3 Å². The first kappa shape index (κ1) is 23.2. The summed E-state index contributed by atoms with van der Waals surface area (Å²) in [6.07, 6.45) is 5.70. The van der Waals surface area contributed by atoms with Crippen molar-refractivity contribution in [3.63, 3.8) is 0 Å². The summed E-state index contributed by atoms with van der Waals surface area (Å²) in [5.74, 6) is -1.83. The van der Waals surface area contributed by atoms with Gasteiger partial charge in [-0.15, -0.1) is 11.3 Å². The minimum Gasteiger partial charge on any atom is -0.361 e. The molecule has 0 spiro atoms. The van der Waals surface area contributed by atoms with Gasteiger partial charge in [0.2, 0.25) is 0 Å². The number of likely N-dealkylation sites (N-methyl/N-ethyl adjacent to an activating group) is 1. The number of thiazole rings is 1. The summed E-state index contributed by atoms with van der Waals surface area (Å²) < 4.78 is 0. The number of fused-ring (bicyclic) bond motifs is 1. The molecule has 1 saturated carbocycles. The molecule has 0 radical (unpaired) electrons. The molecule has 10 heteroatoms. The largest absolute Gasteiger partial charge is 0.361 e.